The third kappa shape index (κ3) is 2.38. The lowest BCUT2D eigenvalue weighted by atomic mass is 10.3. The summed E-state index contributed by atoms with van der Waals surface area (Å²) in [5.41, 5.74) is 0. The summed E-state index contributed by atoms with van der Waals surface area (Å²) in [4.78, 5) is 16.4. The summed E-state index contributed by atoms with van der Waals surface area (Å²) in [6.07, 6.45) is 3.89. The minimum Gasteiger partial charge on any atom is -0.325 e. The lowest BCUT2D eigenvalue weighted by molar-refractivity contribution is -0.129. The van der Waals surface area contributed by atoms with Crippen molar-refractivity contribution in [2.75, 3.05) is 26.2 Å². The standard InChI is InChI=1S/C12H23N3O/c1-3-11-13-10(2)12(16)15(11)9-8-14-6-4-5-7-14/h10-11,13H,3-9H2,1-2H3. The highest BCUT2D eigenvalue weighted by molar-refractivity contribution is 5.83. The van der Waals surface area contributed by atoms with Crippen LogP contribution in [0.4, 0.5) is 0 Å². The molecule has 0 aromatic carbocycles. The summed E-state index contributed by atoms with van der Waals surface area (Å²) < 4.78 is 0. The van der Waals surface area contributed by atoms with Gasteiger partial charge in [0, 0.05) is 13.1 Å². The van der Waals surface area contributed by atoms with E-state index in [1.807, 2.05) is 11.8 Å². The van der Waals surface area contributed by atoms with E-state index in [4.69, 9.17) is 0 Å². The predicted octanol–water partition coefficient (Wildman–Crippen LogP) is 0.639. The first-order chi connectivity index (χ1) is 7.72. The number of hydrogen-bond acceptors (Lipinski definition) is 3. The predicted molar refractivity (Wildman–Crippen MR) is 64.1 cm³/mol. The van der Waals surface area contributed by atoms with Crippen molar-refractivity contribution < 1.29 is 4.79 Å². The van der Waals surface area contributed by atoms with E-state index in [-0.39, 0.29) is 18.1 Å². The van der Waals surface area contributed by atoms with Gasteiger partial charge in [-0.2, -0.15) is 0 Å². The van der Waals surface area contributed by atoms with Crippen molar-refractivity contribution in [1.29, 1.82) is 0 Å². The first-order valence-corrected chi connectivity index (χ1v) is 6.51. The van der Waals surface area contributed by atoms with E-state index in [2.05, 4.69) is 17.1 Å². The van der Waals surface area contributed by atoms with Gasteiger partial charge >= 0.3 is 0 Å². The molecule has 92 valence electrons. The zero-order valence-corrected chi connectivity index (χ0v) is 10.4. The number of rotatable bonds is 4. The number of carbonyl (C=O) groups excluding carboxylic acids is 1. The molecule has 2 atom stereocenters. The second-order valence-electron chi connectivity index (χ2n) is 4.89. The molecule has 0 radical (unpaired) electrons. The van der Waals surface area contributed by atoms with Crippen LogP contribution in [-0.2, 0) is 4.79 Å². The molecule has 0 saturated carbocycles. The van der Waals surface area contributed by atoms with Crippen molar-refractivity contribution in [2.24, 2.45) is 0 Å². The molecule has 2 saturated heterocycles. The Kier molecular flexibility index (Phi) is 3.82. The molecule has 0 spiro atoms. The van der Waals surface area contributed by atoms with Crippen LogP contribution < -0.4 is 5.32 Å². The zero-order chi connectivity index (χ0) is 11.5. The summed E-state index contributed by atoms with van der Waals surface area (Å²) >= 11 is 0. The van der Waals surface area contributed by atoms with E-state index < -0.39 is 0 Å². The van der Waals surface area contributed by atoms with Crippen LogP contribution in [0.1, 0.15) is 33.1 Å². The fraction of sp³-hybridized carbons (Fsp3) is 0.917. The van der Waals surface area contributed by atoms with Gasteiger partial charge in [0.15, 0.2) is 0 Å². The third-order valence-corrected chi connectivity index (χ3v) is 3.71. The van der Waals surface area contributed by atoms with Gasteiger partial charge in [-0.05, 0) is 39.3 Å². The maximum atomic E-state index is 11.9. The van der Waals surface area contributed by atoms with Gasteiger partial charge in [-0.25, -0.2) is 0 Å². The Balaban J connectivity index is 1.84. The lowest BCUT2D eigenvalue weighted by Crippen LogP contribution is -2.41. The molecule has 0 bridgehead atoms. The molecule has 1 amide bonds. The van der Waals surface area contributed by atoms with Crippen LogP contribution in [0.5, 0.6) is 0 Å². The van der Waals surface area contributed by atoms with Gasteiger partial charge in [0.1, 0.15) is 0 Å². The van der Waals surface area contributed by atoms with Crippen LogP contribution in [0, 0.1) is 0 Å². The van der Waals surface area contributed by atoms with Crippen LogP contribution in [0.25, 0.3) is 0 Å². The number of carbonyl (C=O) groups is 1. The molecule has 2 rings (SSSR count). The molecule has 4 nitrogen and oxygen atoms in total. The minimum absolute atomic E-state index is 0.00327. The van der Waals surface area contributed by atoms with E-state index in [1.165, 1.54) is 25.9 Å². The summed E-state index contributed by atoms with van der Waals surface area (Å²) in [6, 6.07) is 0.00327. The van der Waals surface area contributed by atoms with Crippen molar-refractivity contribution in [3.05, 3.63) is 0 Å². The molecular weight excluding hydrogens is 202 g/mol. The monoisotopic (exact) mass is 225 g/mol. The minimum atomic E-state index is 0.00327. The number of hydrogen-bond donors (Lipinski definition) is 1. The highest BCUT2D eigenvalue weighted by Gasteiger charge is 2.34. The molecular formula is C12H23N3O. The first-order valence-electron chi connectivity index (χ1n) is 6.51. The molecule has 2 fully saturated rings. The second-order valence-corrected chi connectivity index (χ2v) is 4.89. The van der Waals surface area contributed by atoms with E-state index in [1.54, 1.807) is 0 Å². The van der Waals surface area contributed by atoms with Crippen molar-refractivity contribution in [3.8, 4) is 0 Å². The van der Waals surface area contributed by atoms with Crippen molar-refractivity contribution in [1.82, 2.24) is 15.1 Å². The molecule has 2 aliphatic rings. The summed E-state index contributed by atoms with van der Waals surface area (Å²) in [6.45, 7) is 8.43. The van der Waals surface area contributed by atoms with Gasteiger partial charge in [-0.3, -0.25) is 10.1 Å². The third-order valence-electron chi connectivity index (χ3n) is 3.71. The molecule has 2 heterocycles. The number of amides is 1. The van der Waals surface area contributed by atoms with Crippen LogP contribution in [0.15, 0.2) is 0 Å². The molecule has 4 heteroatoms. The Morgan fingerprint density at radius 3 is 2.62 bits per heavy atom. The molecule has 0 aromatic heterocycles. The largest absolute Gasteiger partial charge is 0.325 e. The first kappa shape index (κ1) is 11.9. The normalized spacial score (nSPS) is 31.6. The highest BCUT2D eigenvalue weighted by atomic mass is 16.2. The quantitative estimate of drug-likeness (QED) is 0.762. The Bertz CT molecular complexity index is 251. The van der Waals surface area contributed by atoms with Crippen LogP contribution in [0.3, 0.4) is 0 Å². The molecule has 0 aromatic rings. The van der Waals surface area contributed by atoms with Crippen LogP contribution in [0.2, 0.25) is 0 Å². The van der Waals surface area contributed by atoms with Gasteiger partial charge in [0.2, 0.25) is 5.91 Å². The summed E-state index contributed by atoms with van der Waals surface area (Å²) in [7, 11) is 0. The fourth-order valence-corrected chi connectivity index (χ4v) is 2.71. The molecule has 1 N–H and O–H groups in total. The number of likely N-dealkylation sites (tertiary alicyclic amines) is 1. The van der Waals surface area contributed by atoms with Gasteiger partial charge in [-0.1, -0.05) is 6.92 Å². The van der Waals surface area contributed by atoms with Gasteiger partial charge in [0.05, 0.1) is 12.2 Å². The van der Waals surface area contributed by atoms with Gasteiger partial charge < -0.3 is 9.80 Å². The van der Waals surface area contributed by atoms with Crippen molar-refractivity contribution in [2.45, 2.75) is 45.3 Å². The average molecular weight is 225 g/mol. The Labute approximate surface area is 98.0 Å². The number of nitrogens with zero attached hydrogens (tertiary/aromatic N) is 2. The summed E-state index contributed by atoms with van der Waals surface area (Å²) in [5, 5.41) is 3.34. The average Bonchev–Trinajstić information content (AvgIpc) is 2.87. The van der Waals surface area contributed by atoms with E-state index in [9.17, 15) is 4.79 Å². The SMILES string of the molecule is CCC1NC(C)C(=O)N1CCN1CCCC1. The zero-order valence-electron chi connectivity index (χ0n) is 10.4. The second kappa shape index (κ2) is 5.15. The highest BCUT2D eigenvalue weighted by Crippen LogP contribution is 2.14. The fourth-order valence-electron chi connectivity index (χ4n) is 2.71. The lowest BCUT2D eigenvalue weighted by Gasteiger charge is -2.25. The van der Waals surface area contributed by atoms with Crippen molar-refractivity contribution in [3.63, 3.8) is 0 Å². The van der Waals surface area contributed by atoms with Crippen LogP contribution in [-0.4, -0.2) is 54.1 Å². The maximum Gasteiger partial charge on any atom is 0.240 e. The van der Waals surface area contributed by atoms with Gasteiger partial charge in [0.25, 0.3) is 0 Å². The van der Waals surface area contributed by atoms with E-state index in [0.717, 1.165) is 19.5 Å². The molecule has 2 aliphatic heterocycles. The van der Waals surface area contributed by atoms with E-state index in [0.29, 0.717) is 0 Å². The number of nitrogens with one attached hydrogen (secondary N) is 1. The van der Waals surface area contributed by atoms with Crippen molar-refractivity contribution >= 4 is 5.91 Å². The molecule has 0 aliphatic carbocycles. The van der Waals surface area contributed by atoms with Gasteiger partial charge in [-0.15, -0.1) is 0 Å². The topological polar surface area (TPSA) is 35.6 Å². The summed E-state index contributed by atoms with van der Waals surface area (Å²) in [5.74, 6) is 0.269. The Hall–Kier alpha value is -0.610. The maximum absolute atomic E-state index is 11.9. The smallest absolute Gasteiger partial charge is 0.240 e. The molecule has 2 unspecified atom stereocenters. The van der Waals surface area contributed by atoms with Crippen LogP contribution >= 0.6 is 0 Å². The Morgan fingerprint density at radius 1 is 1.31 bits per heavy atom. The van der Waals surface area contributed by atoms with E-state index >= 15 is 0 Å². The Morgan fingerprint density at radius 2 is 2.00 bits per heavy atom. The molecule has 16 heavy (non-hydrogen) atoms.